The maximum atomic E-state index is 5.80. The van der Waals surface area contributed by atoms with Gasteiger partial charge in [-0.05, 0) is 18.3 Å². The number of hydrogen-bond donors (Lipinski definition) is 1. The largest absolute Gasteiger partial charge is 0.383 e. The van der Waals surface area contributed by atoms with Crippen LogP contribution in [0.25, 0.3) is 0 Å². The highest BCUT2D eigenvalue weighted by Gasteiger charge is 2.31. The molecule has 0 spiro atoms. The molecule has 0 saturated carbocycles. The summed E-state index contributed by atoms with van der Waals surface area (Å²) in [6.45, 7) is 8.27. The second-order valence-corrected chi connectivity index (χ2v) is 4.47. The molecule has 3 atom stereocenters. The summed E-state index contributed by atoms with van der Waals surface area (Å²) in [5.74, 6) is 1.37. The van der Waals surface area contributed by atoms with Crippen LogP contribution >= 0.6 is 0 Å². The Morgan fingerprint density at radius 2 is 2.33 bits per heavy atom. The quantitative estimate of drug-likeness (QED) is 0.655. The monoisotopic (exact) mass is 215 g/mol. The third kappa shape index (κ3) is 4.09. The third-order valence-corrected chi connectivity index (χ3v) is 3.36. The first-order chi connectivity index (χ1) is 7.29. The molecule has 0 aliphatic carbocycles. The van der Waals surface area contributed by atoms with Crippen LogP contribution in [0.1, 0.15) is 26.7 Å². The van der Waals surface area contributed by atoms with Crippen molar-refractivity contribution in [2.45, 2.75) is 32.8 Å². The molecule has 3 unspecified atom stereocenters. The molecule has 0 radical (unpaired) electrons. The fraction of sp³-hybridized carbons (Fsp3) is 1.00. The molecule has 1 aliphatic rings. The zero-order valence-corrected chi connectivity index (χ0v) is 10.3. The van der Waals surface area contributed by atoms with E-state index in [-0.39, 0.29) is 0 Å². The first-order valence-electron chi connectivity index (χ1n) is 6.10. The minimum Gasteiger partial charge on any atom is -0.383 e. The van der Waals surface area contributed by atoms with Crippen LogP contribution < -0.4 is 5.32 Å². The van der Waals surface area contributed by atoms with E-state index in [1.165, 1.54) is 12.8 Å². The van der Waals surface area contributed by atoms with Crippen molar-refractivity contribution in [1.82, 2.24) is 5.32 Å². The maximum absolute atomic E-state index is 5.80. The summed E-state index contributed by atoms with van der Waals surface area (Å²) in [5.41, 5.74) is 0. The highest BCUT2D eigenvalue weighted by molar-refractivity contribution is 4.81. The predicted octanol–water partition coefficient (Wildman–Crippen LogP) is 1.67. The van der Waals surface area contributed by atoms with Gasteiger partial charge in [-0.25, -0.2) is 0 Å². The van der Waals surface area contributed by atoms with Gasteiger partial charge in [0.05, 0.1) is 12.7 Å². The van der Waals surface area contributed by atoms with Crippen molar-refractivity contribution in [2.24, 2.45) is 11.8 Å². The van der Waals surface area contributed by atoms with E-state index in [4.69, 9.17) is 9.47 Å². The number of methoxy groups -OCH3 is 1. The van der Waals surface area contributed by atoms with Crippen LogP contribution in [0.4, 0.5) is 0 Å². The van der Waals surface area contributed by atoms with Crippen molar-refractivity contribution < 1.29 is 9.47 Å². The molecule has 0 aromatic heterocycles. The summed E-state index contributed by atoms with van der Waals surface area (Å²) in [6.07, 6.45) is 2.87. The Morgan fingerprint density at radius 3 is 3.00 bits per heavy atom. The standard InChI is InChI=1S/C12H25NO2/c1-4-10(2)12-11(5-7-15-12)9-13-6-8-14-3/h10-13H,4-9H2,1-3H3. The third-order valence-electron chi connectivity index (χ3n) is 3.36. The molecule has 1 rings (SSSR count). The topological polar surface area (TPSA) is 30.5 Å². The molecule has 3 heteroatoms. The van der Waals surface area contributed by atoms with Gasteiger partial charge in [0.25, 0.3) is 0 Å². The molecule has 0 bridgehead atoms. The van der Waals surface area contributed by atoms with Gasteiger partial charge in [-0.15, -0.1) is 0 Å². The van der Waals surface area contributed by atoms with E-state index in [1.807, 2.05) is 0 Å². The van der Waals surface area contributed by atoms with Gasteiger partial charge in [-0.1, -0.05) is 20.3 Å². The lowest BCUT2D eigenvalue weighted by atomic mass is 9.90. The number of rotatable bonds is 7. The van der Waals surface area contributed by atoms with Crippen molar-refractivity contribution >= 4 is 0 Å². The van der Waals surface area contributed by atoms with Gasteiger partial charge in [-0.2, -0.15) is 0 Å². The minimum absolute atomic E-state index is 0.463. The summed E-state index contributed by atoms with van der Waals surface area (Å²) in [5, 5.41) is 3.43. The van der Waals surface area contributed by atoms with Gasteiger partial charge >= 0.3 is 0 Å². The number of nitrogens with one attached hydrogen (secondary N) is 1. The summed E-state index contributed by atoms with van der Waals surface area (Å²) >= 11 is 0. The van der Waals surface area contributed by atoms with Crippen LogP contribution in [0.2, 0.25) is 0 Å². The molecule has 15 heavy (non-hydrogen) atoms. The Morgan fingerprint density at radius 1 is 1.53 bits per heavy atom. The van der Waals surface area contributed by atoms with Crippen molar-refractivity contribution in [3.05, 3.63) is 0 Å². The van der Waals surface area contributed by atoms with Gasteiger partial charge in [0.15, 0.2) is 0 Å². The van der Waals surface area contributed by atoms with E-state index in [2.05, 4.69) is 19.2 Å². The number of ether oxygens (including phenoxy) is 2. The van der Waals surface area contributed by atoms with E-state index in [0.717, 1.165) is 26.3 Å². The number of hydrogen-bond acceptors (Lipinski definition) is 3. The zero-order valence-electron chi connectivity index (χ0n) is 10.3. The summed E-state index contributed by atoms with van der Waals surface area (Å²) in [7, 11) is 1.74. The Labute approximate surface area is 93.5 Å². The van der Waals surface area contributed by atoms with E-state index in [1.54, 1.807) is 7.11 Å². The van der Waals surface area contributed by atoms with E-state index >= 15 is 0 Å². The summed E-state index contributed by atoms with van der Waals surface area (Å²) < 4.78 is 10.8. The lowest BCUT2D eigenvalue weighted by molar-refractivity contribution is 0.0461. The van der Waals surface area contributed by atoms with Crippen LogP contribution in [0.5, 0.6) is 0 Å². The summed E-state index contributed by atoms with van der Waals surface area (Å²) in [4.78, 5) is 0. The molecule has 1 fully saturated rings. The molecule has 1 aliphatic heterocycles. The van der Waals surface area contributed by atoms with Gasteiger partial charge in [0.1, 0.15) is 0 Å². The predicted molar refractivity (Wildman–Crippen MR) is 62.0 cm³/mol. The molecule has 1 N–H and O–H groups in total. The second-order valence-electron chi connectivity index (χ2n) is 4.47. The van der Waals surface area contributed by atoms with Gasteiger partial charge in [0, 0.05) is 26.8 Å². The molecule has 0 amide bonds. The van der Waals surface area contributed by atoms with Crippen LogP contribution in [-0.2, 0) is 9.47 Å². The first-order valence-corrected chi connectivity index (χ1v) is 6.10. The Kier molecular flexibility index (Phi) is 6.22. The van der Waals surface area contributed by atoms with E-state index in [9.17, 15) is 0 Å². The smallest absolute Gasteiger partial charge is 0.0641 e. The van der Waals surface area contributed by atoms with E-state index < -0.39 is 0 Å². The Hall–Kier alpha value is -0.120. The van der Waals surface area contributed by atoms with Crippen LogP contribution in [0, 0.1) is 11.8 Å². The lowest BCUT2D eigenvalue weighted by Crippen LogP contribution is -2.33. The first kappa shape index (κ1) is 12.9. The molecule has 0 aromatic carbocycles. The van der Waals surface area contributed by atoms with Crippen molar-refractivity contribution in [3.63, 3.8) is 0 Å². The van der Waals surface area contributed by atoms with Crippen molar-refractivity contribution in [2.75, 3.05) is 33.4 Å². The highest BCUT2D eigenvalue weighted by atomic mass is 16.5. The van der Waals surface area contributed by atoms with E-state index in [0.29, 0.717) is 17.9 Å². The molecule has 1 heterocycles. The van der Waals surface area contributed by atoms with Crippen LogP contribution in [0.15, 0.2) is 0 Å². The molecular weight excluding hydrogens is 190 g/mol. The fourth-order valence-corrected chi connectivity index (χ4v) is 2.20. The van der Waals surface area contributed by atoms with Gasteiger partial charge in [0.2, 0.25) is 0 Å². The molecule has 90 valence electrons. The SMILES string of the molecule is CCC(C)C1OCCC1CNCCOC. The fourth-order valence-electron chi connectivity index (χ4n) is 2.20. The highest BCUT2D eigenvalue weighted by Crippen LogP contribution is 2.27. The van der Waals surface area contributed by atoms with Crippen LogP contribution in [0.3, 0.4) is 0 Å². The normalized spacial score (nSPS) is 28.2. The Balaban J connectivity index is 2.21. The molecular formula is C12H25NO2. The zero-order chi connectivity index (χ0) is 11.1. The van der Waals surface area contributed by atoms with Gasteiger partial charge < -0.3 is 14.8 Å². The van der Waals surface area contributed by atoms with Crippen LogP contribution in [-0.4, -0.2) is 39.5 Å². The molecule has 0 aromatic rings. The van der Waals surface area contributed by atoms with Crippen molar-refractivity contribution in [1.29, 1.82) is 0 Å². The molecule has 3 nitrogen and oxygen atoms in total. The second kappa shape index (κ2) is 7.20. The lowest BCUT2D eigenvalue weighted by Gasteiger charge is -2.24. The average molecular weight is 215 g/mol. The summed E-state index contributed by atoms with van der Waals surface area (Å²) in [6, 6.07) is 0. The minimum atomic E-state index is 0.463. The Bertz CT molecular complexity index is 164. The molecule has 1 saturated heterocycles. The van der Waals surface area contributed by atoms with Gasteiger partial charge in [-0.3, -0.25) is 0 Å². The average Bonchev–Trinajstić information content (AvgIpc) is 2.71. The maximum Gasteiger partial charge on any atom is 0.0641 e. The van der Waals surface area contributed by atoms with Crippen molar-refractivity contribution in [3.8, 4) is 0 Å².